The Balaban J connectivity index is 1.33. The van der Waals surface area contributed by atoms with Gasteiger partial charge in [-0.1, -0.05) is 66.7 Å². The highest BCUT2D eigenvalue weighted by Crippen LogP contribution is 2.26. The lowest BCUT2D eigenvalue weighted by atomic mass is 10.1. The fourth-order valence-corrected chi connectivity index (χ4v) is 6.19. The van der Waals surface area contributed by atoms with Crippen LogP contribution in [0, 0.1) is 0 Å². The average molecular weight is 558 g/mol. The molecule has 0 unspecified atom stereocenters. The molecule has 0 radical (unpaired) electrons. The Labute approximate surface area is 226 Å². The number of para-hydroxylation sites is 1. The van der Waals surface area contributed by atoms with Crippen molar-refractivity contribution in [3.8, 4) is 0 Å². The number of rotatable bonds is 8. The number of carbonyl (C=O) groups is 1. The minimum Gasteiger partial charge on any atom is -0.322 e. The molecule has 0 fully saturated rings. The number of fused-ring (bicyclic) bond motifs is 1. The molecule has 0 atom stereocenters. The molecule has 0 bridgehead atoms. The second-order valence-corrected chi connectivity index (χ2v) is 11.9. The summed E-state index contributed by atoms with van der Waals surface area (Å²) in [7, 11) is -7.80. The summed E-state index contributed by atoms with van der Waals surface area (Å²) >= 11 is 0. The normalized spacial score (nSPS) is 11.6. The van der Waals surface area contributed by atoms with Crippen LogP contribution < -0.4 is 14.8 Å². The summed E-state index contributed by atoms with van der Waals surface area (Å²) in [5.41, 5.74) is 1.01. The number of amides is 1. The lowest BCUT2D eigenvalue weighted by Crippen LogP contribution is -2.18. The third-order valence-electron chi connectivity index (χ3n) is 5.93. The van der Waals surface area contributed by atoms with E-state index < -0.39 is 26.0 Å². The van der Waals surface area contributed by atoms with Gasteiger partial charge in [-0.05, 0) is 60.0 Å². The van der Waals surface area contributed by atoms with Crippen molar-refractivity contribution < 1.29 is 21.6 Å². The van der Waals surface area contributed by atoms with Gasteiger partial charge >= 0.3 is 0 Å². The largest absolute Gasteiger partial charge is 0.322 e. The molecule has 5 rings (SSSR count). The van der Waals surface area contributed by atoms with Gasteiger partial charge in [0.15, 0.2) is 0 Å². The maximum absolute atomic E-state index is 13.0. The zero-order valence-electron chi connectivity index (χ0n) is 20.4. The molecule has 39 heavy (non-hydrogen) atoms. The molecule has 196 valence electrons. The molecule has 0 aliphatic rings. The Morgan fingerprint density at radius 3 is 1.79 bits per heavy atom. The number of anilines is 3. The van der Waals surface area contributed by atoms with E-state index in [0.717, 1.165) is 10.8 Å². The average Bonchev–Trinajstić information content (AvgIpc) is 2.94. The van der Waals surface area contributed by atoms with E-state index in [0.29, 0.717) is 11.4 Å². The quantitative estimate of drug-likeness (QED) is 0.226. The van der Waals surface area contributed by atoms with Gasteiger partial charge < -0.3 is 5.32 Å². The molecule has 0 aliphatic heterocycles. The highest BCUT2D eigenvalue weighted by molar-refractivity contribution is 7.93. The molecule has 1 amide bonds. The van der Waals surface area contributed by atoms with Gasteiger partial charge in [0.2, 0.25) is 0 Å². The first-order valence-corrected chi connectivity index (χ1v) is 14.8. The van der Waals surface area contributed by atoms with Crippen LogP contribution in [-0.4, -0.2) is 22.7 Å². The van der Waals surface area contributed by atoms with Crippen molar-refractivity contribution in [3.63, 3.8) is 0 Å². The van der Waals surface area contributed by atoms with Crippen molar-refractivity contribution in [1.82, 2.24) is 0 Å². The molecule has 5 aromatic rings. The fraction of sp³-hybridized carbons (Fsp3) is 0. The van der Waals surface area contributed by atoms with E-state index in [9.17, 15) is 21.6 Å². The van der Waals surface area contributed by atoms with E-state index >= 15 is 0 Å². The Morgan fingerprint density at radius 2 is 1.05 bits per heavy atom. The zero-order chi connectivity index (χ0) is 27.5. The standard InChI is InChI=1S/C29H23N3O5S2/c33-29(26-14-6-7-15-28(26)32-38(34,35)23-11-2-1-3-12-23)30-22-17-19-24(20-18-22)39(36,37)31-27-16-8-10-21-9-4-5-13-25(21)27/h1-20,31-32H,(H,30,33). The van der Waals surface area contributed by atoms with Crippen LogP contribution in [0.25, 0.3) is 10.8 Å². The summed E-state index contributed by atoms with van der Waals surface area (Å²) in [4.78, 5) is 13.1. The van der Waals surface area contributed by atoms with E-state index in [4.69, 9.17) is 0 Å². The third-order valence-corrected chi connectivity index (χ3v) is 8.69. The molecule has 0 aliphatic carbocycles. The van der Waals surface area contributed by atoms with Crippen molar-refractivity contribution in [2.75, 3.05) is 14.8 Å². The zero-order valence-corrected chi connectivity index (χ0v) is 22.0. The fourth-order valence-electron chi connectivity index (χ4n) is 4.01. The van der Waals surface area contributed by atoms with E-state index in [1.165, 1.54) is 48.5 Å². The summed E-state index contributed by atoms with van der Waals surface area (Å²) in [6.07, 6.45) is 0. The molecular formula is C29H23N3O5S2. The van der Waals surface area contributed by atoms with Crippen molar-refractivity contribution in [3.05, 3.63) is 127 Å². The van der Waals surface area contributed by atoms with Crippen molar-refractivity contribution in [2.24, 2.45) is 0 Å². The molecule has 10 heteroatoms. The first kappa shape index (κ1) is 26.0. The first-order valence-electron chi connectivity index (χ1n) is 11.8. The van der Waals surface area contributed by atoms with Gasteiger partial charge in [-0.3, -0.25) is 14.2 Å². The second kappa shape index (κ2) is 10.6. The van der Waals surface area contributed by atoms with Gasteiger partial charge in [0, 0.05) is 11.1 Å². The predicted molar refractivity (Wildman–Crippen MR) is 153 cm³/mol. The summed E-state index contributed by atoms with van der Waals surface area (Å²) in [6, 6.07) is 32.5. The lowest BCUT2D eigenvalue weighted by Gasteiger charge is -2.13. The van der Waals surface area contributed by atoms with E-state index in [2.05, 4.69) is 14.8 Å². The highest BCUT2D eigenvalue weighted by atomic mass is 32.2. The van der Waals surface area contributed by atoms with Gasteiger partial charge in [0.05, 0.1) is 26.7 Å². The van der Waals surface area contributed by atoms with Gasteiger partial charge in [-0.25, -0.2) is 16.8 Å². The lowest BCUT2D eigenvalue weighted by molar-refractivity contribution is 0.102. The van der Waals surface area contributed by atoms with Crippen molar-refractivity contribution >= 4 is 53.8 Å². The van der Waals surface area contributed by atoms with Crippen LogP contribution in [0.2, 0.25) is 0 Å². The van der Waals surface area contributed by atoms with Crippen LogP contribution in [0.15, 0.2) is 131 Å². The molecular weight excluding hydrogens is 534 g/mol. The van der Waals surface area contributed by atoms with Crippen LogP contribution in [0.4, 0.5) is 17.1 Å². The SMILES string of the molecule is O=C(Nc1ccc(S(=O)(=O)Nc2cccc3ccccc23)cc1)c1ccccc1NS(=O)(=O)c1ccccc1. The Kier molecular flexibility index (Phi) is 7.05. The van der Waals surface area contributed by atoms with E-state index in [1.807, 2.05) is 30.3 Å². The van der Waals surface area contributed by atoms with Crippen LogP contribution in [0.3, 0.4) is 0 Å². The monoisotopic (exact) mass is 557 g/mol. The maximum Gasteiger partial charge on any atom is 0.261 e. The van der Waals surface area contributed by atoms with Crippen LogP contribution in [-0.2, 0) is 20.0 Å². The third kappa shape index (κ3) is 5.77. The Hall–Kier alpha value is -4.67. The molecule has 0 aromatic heterocycles. The molecule has 5 aromatic carbocycles. The van der Waals surface area contributed by atoms with Crippen LogP contribution >= 0.6 is 0 Å². The topological polar surface area (TPSA) is 121 Å². The minimum atomic E-state index is -3.91. The van der Waals surface area contributed by atoms with Crippen LogP contribution in [0.1, 0.15) is 10.4 Å². The maximum atomic E-state index is 13.0. The smallest absolute Gasteiger partial charge is 0.261 e. The highest BCUT2D eigenvalue weighted by Gasteiger charge is 2.19. The first-order chi connectivity index (χ1) is 18.7. The number of nitrogens with one attached hydrogen (secondary N) is 3. The number of sulfonamides is 2. The van der Waals surface area contributed by atoms with Crippen molar-refractivity contribution in [2.45, 2.75) is 9.79 Å². The van der Waals surface area contributed by atoms with Crippen LogP contribution in [0.5, 0.6) is 0 Å². The molecule has 8 nitrogen and oxygen atoms in total. The van der Waals surface area contributed by atoms with Gasteiger partial charge in [0.25, 0.3) is 26.0 Å². The number of carbonyl (C=O) groups excluding carboxylic acids is 1. The number of benzene rings is 5. The Bertz CT molecular complexity index is 1870. The van der Waals surface area contributed by atoms with Gasteiger partial charge in [-0.2, -0.15) is 0 Å². The summed E-state index contributed by atoms with van der Waals surface area (Å²) in [5.74, 6) is -0.564. The molecule has 0 spiro atoms. The minimum absolute atomic E-state index is 0.0180. The van der Waals surface area contributed by atoms with Gasteiger partial charge in [-0.15, -0.1) is 0 Å². The van der Waals surface area contributed by atoms with Crippen molar-refractivity contribution in [1.29, 1.82) is 0 Å². The summed E-state index contributed by atoms with van der Waals surface area (Å²) in [6.45, 7) is 0. The van der Waals surface area contributed by atoms with E-state index in [-0.39, 0.29) is 21.0 Å². The molecule has 0 saturated heterocycles. The summed E-state index contributed by atoms with van der Waals surface area (Å²) < 4.78 is 56.7. The molecule has 3 N–H and O–H groups in total. The number of hydrogen-bond acceptors (Lipinski definition) is 5. The van der Waals surface area contributed by atoms with Gasteiger partial charge in [0.1, 0.15) is 0 Å². The molecule has 0 saturated carbocycles. The molecule has 0 heterocycles. The number of hydrogen-bond donors (Lipinski definition) is 3. The van der Waals surface area contributed by atoms with E-state index in [1.54, 1.807) is 42.5 Å². The summed E-state index contributed by atoms with van der Waals surface area (Å²) in [5, 5.41) is 4.36. The second-order valence-electron chi connectivity index (χ2n) is 8.57. The predicted octanol–water partition coefficient (Wildman–Crippen LogP) is 5.69. The Morgan fingerprint density at radius 1 is 0.513 bits per heavy atom.